The smallest absolute Gasteiger partial charge is 0.0706 e. The molecule has 17 heavy (non-hydrogen) atoms. The molecule has 0 saturated carbocycles. The maximum Gasteiger partial charge on any atom is 0.0706 e. The highest BCUT2D eigenvalue weighted by Gasteiger charge is 2.13. The van der Waals surface area contributed by atoms with Crippen LogP contribution in [0.4, 0.5) is 0 Å². The molecule has 90 valence electrons. The van der Waals surface area contributed by atoms with E-state index in [-0.39, 0.29) is 0 Å². The molecule has 2 heteroatoms. The fourth-order valence-corrected chi connectivity index (χ4v) is 2.27. The molecule has 2 aromatic rings. The van der Waals surface area contributed by atoms with Crippen molar-refractivity contribution in [2.24, 2.45) is 0 Å². The normalized spacial score (nSPS) is 13.2. The first-order chi connectivity index (χ1) is 8.26. The van der Waals surface area contributed by atoms with Gasteiger partial charge in [-0.05, 0) is 32.1 Å². The summed E-state index contributed by atoms with van der Waals surface area (Å²) in [5, 5.41) is 1.21. The number of aromatic nitrogens is 1. The van der Waals surface area contributed by atoms with Crippen LogP contribution in [-0.2, 0) is 0 Å². The van der Waals surface area contributed by atoms with Crippen molar-refractivity contribution in [3.8, 4) is 0 Å². The zero-order valence-corrected chi connectivity index (χ0v) is 10.9. The minimum absolute atomic E-state index is 0.384. The quantitative estimate of drug-likeness (QED) is 0.794. The van der Waals surface area contributed by atoms with Gasteiger partial charge in [0.15, 0.2) is 0 Å². The Morgan fingerprint density at radius 2 is 1.76 bits per heavy atom. The SMILES string of the molecule is CCN(CC)C(C)c1ccc2ccccc2n1. The number of pyridine rings is 1. The molecule has 0 aliphatic carbocycles. The molecule has 0 bridgehead atoms. The fraction of sp³-hybridized carbons (Fsp3) is 0.400. The van der Waals surface area contributed by atoms with E-state index in [0.29, 0.717) is 6.04 Å². The third kappa shape index (κ3) is 2.47. The Morgan fingerprint density at radius 1 is 1.06 bits per heavy atom. The van der Waals surface area contributed by atoms with E-state index in [0.717, 1.165) is 24.3 Å². The lowest BCUT2D eigenvalue weighted by Gasteiger charge is -2.25. The lowest BCUT2D eigenvalue weighted by atomic mass is 10.1. The highest BCUT2D eigenvalue weighted by Crippen LogP contribution is 2.20. The van der Waals surface area contributed by atoms with Crippen molar-refractivity contribution in [2.45, 2.75) is 26.8 Å². The van der Waals surface area contributed by atoms with Gasteiger partial charge in [0, 0.05) is 11.4 Å². The minimum atomic E-state index is 0.384. The first-order valence-electron chi connectivity index (χ1n) is 6.36. The molecule has 1 heterocycles. The maximum absolute atomic E-state index is 4.75. The van der Waals surface area contributed by atoms with Crippen LogP contribution in [-0.4, -0.2) is 23.0 Å². The van der Waals surface area contributed by atoms with Gasteiger partial charge in [0.25, 0.3) is 0 Å². The summed E-state index contributed by atoms with van der Waals surface area (Å²) >= 11 is 0. The second-order valence-corrected chi connectivity index (χ2v) is 4.33. The second-order valence-electron chi connectivity index (χ2n) is 4.33. The number of hydrogen-bond donors (Lipinski definition) is 0. The van der Waals surface area contributed by atoms with E-state index in [9.17, 15) is 0 Å². The standard InChI is InChI=1S/C15H20N2/c1-4-17(5-2)12(3)14-11-10-13-8-6-7-9-15(13)16-14/h6-12H,4-5H2,1-3H3. The Bertz CT molecular complexity index is 489. The molecule has 0 spiro atoms. The Balaban J connectivity index is 2.35. The summed E-state index contributed by atoms with van der Waals surface area (Å²) < 4.78 is 0. The molecule has 0 aliphatic heterocycles. The Morgan fingerprint density at radius 3 is 2.47 bits per heavy atom. The third-order valence-electron chi connectivity index (χ3n) is 3.41. The zero-order valence-electron chi connectivity index (χ0n) is 10.9. The van der Waals surface area contributed by atoms with Crippen LogP contribution >= 0.6 is 0 Å². The summed E-state index contributed by atoms with van der Waals surface area (Å²) in [5.41, 5.74) is 2.25. The van der Waals surface area contributed by atoms with Gasteiger partial charge in [-0.15, -0.1) is 0 Å². The van der Waals surface area contributed by atoms with Crippen LogP contribution in [0.5, 0.6) is 0 Å². The summed E-state index contributed by atoms with van der Waals surface area (Å²) in [5.74, 6) is 0. The number of hydrogen-bond acceptors (Lipinski definition) is 2. The maximum atomic E-state index is 4.75. The van der Waals surface area contributed by atoms with Gasteiger partial charge in [0.2, 0.25) is 0 Å². The summed E-state index contributed by atoms with van der Waals surface area (Å²) in [4.78, 5) is 7.16. The monoisotopic (exact) mass is 228 g/mol. The van der Waals surface area contributed by atoms with Gasteiger partial charge < -0.3 is 0 Å². The molecule has 0 N–H and O–H groups in total. The van der Waals surface area contributed by atoms with Gasteiger partial charge in [-0.3, -0.25) is 9.88 Å². The molecular weight excluding hydrogens is 208 g/mol. The predicted molar refractivity (Wildman–Crippen MR) is 73.1 cm³/mol. The van der Waals surface area contributed by atoms with E-state index in [1.165, 1.54) is 5.39 Å². The van der Waals surface area contributed by atoms with Gasteiger partial charge in [0.1, 0.15) is 0 Å². The zero-order chi connectivity index (χ0) is 12.3. The average molecular weight is 228 g/mol. The molecular formula is C15H20N2. The summed E-state index contributed by atoms with van der Waals surface area (Å²) in [7, 11) is 0. The molecule has 1 atom stereocenters. The van der Waals surface area contributed by atoms with Crippen LogP contribution in [0.3, 0.4) is 0 Å². The number of nitrogens with zero attached hydrogens (tertiary/aromatic N) is 2. The molecule has 0 saturated heterocycles. The summed E-state index contributed by atoms with van der Waals surface area (Å²) in [6.45, 7) is 8.74. The average Bonchev–Trinajstić information content (AvgIpc) is 2.39. The molecule has 1 aromatic heterocycles. The van der Waals surface area contributed by atoms with Crippen LogP contribution in [0.1, 0.15) is 32.5 Å². The molecule has 1 aromatic carbocycles. The summed E-state index contributed by atoms with van der Waals surface area (Å²) in [6, 6.07) is 13.0. The molecule has 0 radical (unpaired) electrons. The van der Waals surface area contributed by atoms with Gasteiger partial charge in [-0.2, -0.15) is 0 Å². The molecule has 0 fully saturated rings. The predicted octanol–water partition coefficient (Wildman–Crippen LogP) is 3.64. The molecule has 2 rings (SSSR count). The third-order valence-corrected chi connectivity index (χ3v) is 3.41. The molecule has 0 amide bonds. The van der Waals surface area contributed by atoms with E-state index >= 15 is 0 Å². The number of rotatable bonds is 4. The van der Waals surface area contributed by atoms with Crippen LogP contribution in [0.2, 0.25) is 0 Å². The van der Waals surface area contributed by atoms with Crippen LogP contribution in [0.25, 0.3) is 10.9 Å². The van der Waals surface area contributed by atoms with Crippen LogP contribution < -0.4 is 0 Å². The highest BCUT2D eigenvalue weighted by molar-refractivity contribution is 5.78. The van der Waals surface area contributed by atoms with Crippen LogP contribution in [0.15, 0.2) is 36.4 Å². The van der Waals surface area contributed by atoms with Crippen molar-refractivity contribution in [3.05, 3.63) is 42.1 Å². The summed E-state index contributed by atoms with van der Waals surface area (Å²) in [6.07, 6.45) is 0. The van der Waals surface area contributed by atoms with E-state index in [2.05, 4.69) is 56.0 Å². The van der Waals surface area contributed by atoms with Crippen molar-refractivity contribution >= 4 is 10.9 Å². The van der Waals surface area contributed by atoms with Crippen molar-refractivity contribution in [1.29, 1.82) is 0 Å². The number of para-hydroxylation sites is 1. The van der Waals surface area contributed by atoms with Crippen LogP contribution in [0, 0.1) is 0 Å². The topological polar surface area (TPSA) is 16.1 Å². The fourth-order valence-electron chi connectivity index (χ4n) is 2.27. The number of fused-ring (bicyclic) bond motifs is 1. The Hall–Kier alpha value is -1.41. The van der Waals surface area contributed by atoms with Gasteiger partial charge in [-0.1, -0.05) is 38.1 Å². The minimum Gasteiger partial charge on any atom is -0.296 e. The molecule has 2 nitrogen and oxygen atoms in total. The largest absolute Gasteiger partial charge is 0.296 e. The first-order valence-corrected chi connectivity index (χ1v) is 6.36. The molecule has 0 aliphatic rings. The number of benzene rings is 1. The van der Waals surface area contributed by atoms with Gasteiger partial charge in [0.05, 0.1) is 11.2 Å². The van der Waals surface area contributed by atoms with Crippen molar-refractivity contribution in [1.82, 2.24) is 9.88 Å². The van der Waals surface area contributed by atoms with E-state index in [1.54, 1.807) is 0 Å². The molecule has 1 unspecified atom stereocenters. The van der Waals surface area contributed by atoms with E-state index in [4.69, 9.17) is 4.98 Å². The first kappa shape index (κ1) is 12.1. The van der Waals surface area contributed by atoms with E-state index in [1.807, 2.05) is 6.07 Å². The lowest BCUT2D eigenvalue weighted by molar-refractivity contribution is 0.230. The van der Waals surface area contributed by atoms with Gasteiger partial charge >= 0.3 is 0 Å². The van der Waals surface area contributed by atoms with E-state index < -0.39 is 0 Å². The van der Waals surface area contributed by atoms with Gasteiger partial charge in [-0.25, -0.2) is 0 Å². The van der Waals surface area contributed by atoms with Crippen molar-refractivity contribution in [3.63, 3.8) is 0 Å². The second kappa shape index (κ2) is 5.28. The van der Waals surface area contributed by atoms with Crippen molar-refractivity contribution in [2.75, 3.05) is 13.1 Å². The lowest BCUT2D eigenvalue weighted by Crippen LogP contribution is -2.27. The Labute approximate surface area is 103 Å². The van der Waals surface area contributed by atoms with Crippen molar-refractivity contribution < 1.29 is 0 Å². The highest BCUT2D eigenvalue weighted by atomic mass is 15.1. The Kier molecular flexibility index (Phi) is 3.75.